The summed E-state index contributed by atoms with van der Waals surface area (Å²) in [5.41, 5.74) is 4.38. The van der Waals surface area contributed by atoms with Crippen molar-refractivity contribution in [2.75, 3.05) is 39.3 Å². The number of halogens is 2. The first-order valence-electron chi connectivity index (χ1n) is 13.4. The van der Waals surface area contributed by atoms with Crippen LogP contribution in [0.3, 0.4) is 0 Å². The van der Waals surface area contributed by atoms with E-state index in [2.05, 4.69) is 70.5 Å². The molecule has 1 heterocycles. The van der Waals surface area contributed by atoms with Gasteiger partial charge in [-0.05, 0) is 52.9 Å². The summed E-state index contributed by atoms with van der Waals surface area (Å²) in [5, 5.41) is 0. The van der Waals surface area contributed by atoms with E-state index >= 15 is 0 Å². The lowest BCUT2D eigenvalue weighted by molar-refractivity contribution is 0.0612. The third-order valence-electron chi connectivity index (χ3n) is 7.25. The molecule has 1 aliphatic rings. The van der Waals surface area contributed by atoms with Gasteiger partial charge in [0, 0.05) is 39.3 Å². The van der Waals surface area contributed by atoms with Crippen LogP contribution in [0.1, 0.15) is 40.8 Å². The number of benzene rings is 4. The van der Waals surface area contributed by atoms with Gasteiger partial charge in [0.05, 0.1) is 6.04 Å². The maximum Gasteiger partial charge on any atom is 0.123 e. The van der Waals surface area contributed by atoms with Crippen LogP contribution < -0.4 is 0 Å². The van der Waals surface area contributed by atoms with Crippen LogP contribution in [0.5, 0.6) is 0 Å². The quantitative estimate of drug-likeness (QED) is 0.216. The Balaban J connectivity index is 1.16. The summed E-state index contributed by atoms with van der Waals surface area (Å²) in [6, 6.07) is 34.5. The Morgan fingerprint density at radius 2 is 1.05 bits per heavy atom. The third kappa shape index (κ3) is 6.73. The average molecular weight is 513 g/mol. The van der Waals surface area contributed by atoms with Crippen LogP contribution >= 0.6 is 0 Å². The van der Waals surface area contributed by atoms with Gasteiger partial charge >= 0.3 is 0 Å². The molecule has 0 saturated carbocycles. The Hall–Kier alpha value is -3.38. The summed E-state index contributed by atoms with van der Waals surface area (Å²) < 4.78 is 33.3. The monoisotopic (exact) mass is 512 g/mol. The zero-order valence-electron chi connectivity index (χ0n) is 21.6. The summed E-state index contributed by atoms with van der Waals surface area (Å²) in [7, 11) is 0. The molecule has 0 amide bonds. The second-order valence-electron chi connectivity index (χ2n) is 9.81. The molecule has 5 heteroatoms. The Bertz CT molecular complexity index is 1160. The van der Waals surface area contributed by atoms with Gasteiger partial charge in [0.15, 0.2) is 0 Å². The largest absolute Gasteiger partial charge is 0.369 e. The Kier molecular flexibility index (Phi) is 8.92. The van der Waals surface area contributed by atoms with E-state index in [-0.39, 0.29) is 23.8 Å². The van der Waals surface area contributed by atoms with Gasteiger partial charge < -0.3 is 9.64 Å². The van der Waals surface area contributed by atoms with E-state index < -0.39 is 0 Å². The molecule has 0 N–H and O–H groups in total. The Morgan fingerprint density at radius 3 is 1.53 bits per heavy atom. The highest BCUT2D eigenvalue weighted by Crippen LogP contribution is 2.30. The molecular formula is C33H34F2N2O. The fourth-order valence-corrected chi connectivity index (χ4v) is 5.28. The van der Waals surface area contributed by atoms with Gasteiger partial charge in [-0.15, -0.1) is 0 Å². The van der Waals surface area contributed by atoms with Crippen molar-refractivity contribution >= 4 is 0 Å². The van der Waals surface area contributed by atoms with Crippen LogP contribution in [-0.2, 0) is 4.74 Å². The molecule has 196 valence electrons. The molecule has 0 bridgehead atoms. The molecule has 5 rings (SSSR count). The topological polar surface area (TPSA) is 15.7 Å². The van der Waals surface area contributed by atoms with Crippen LogP contribution in [-0.4, -0.2) is 49.1 Å². The van der Waals surface area contributed by atoms with Crippen molar-refractivity contribution in [2.24, 2.45) is 0 Å². The highest BCUT2D eigenvalue weighted by molar-refractivity contribution is 5.32. The maximum atomic E-state index is 13.5. The van der Waals surface area contributed by atoms with Crippen molar-refractivity contribution in [1.82, 2.24) is 9.80 Å². The van der Waals surface area contributed by atoms with E-state index in [1.165, 1.54) is 35.4 Å². The van der Waals surface area contributed by atoms with E-state index in [1.807, 2.05) is 0 Å². The lowest BCUT2D eigenvalue weighted by atomic mass is 9.96. The van der Waals surface area contributed by atoms with Crippen molar-refractivity contribution in [3.63, 3.8) is 0 Å². The van der Waals surface area contributed by atoms with Crippen molar-refractivity contribution in [3.8, 4) is 0 Å². The highest BCUT2D eigenvalue weighted by Gasteiger charge is 2.26. The molecule has 1 aliphatic heterocycles. The van der Waals surface area contributed by atoms with Crippen molar-refractivity contribution in [1.29, 1.82) is 0 Å². The van der Waals surface area contributed by atoms with Crippen LogP contribution in [0, 0.1) is 11.6 Å². The van der Waals surface area contributed by atoms with E-state index in [0.717, 1.165) is 50.3 Å². The summed E-state index contributed by atoms with van der Waals surface area (Å²) in [6.07, 6.45) is 0.533. The van der Waals surface area contributed by atoms with Gasteiger partial charge in [0.25, 0.3) is 0 Å². The average Bonchev–Trinajstić information content (AvgIpc) is 2.96. The lowest BCUT2D eigenvalue weighted by Crippen LogP contribution is -2.48. The van der Waals surface area contributed by atoms with Crippen molar-refractivity contribution in [2.45, 2.75) is 18.6 Å². The number of ether oxygens (including phenoxy) is 1. The minimum absolute atomic E-state index is 0.259. The van der Waals surface area contributed by atoms with Crippen LogP contribution in [0.25, 0.3) is 0 Å². The van der Waals surface area contributed by atoms with E-state index in [1.54, 1.807) is 24.3 Å². The predicted molar refractivity (Wildman–Crippen MR) is 148 cm³/mol. The molecule has 0 unspecified atom stereocenters. The van der Waals surface area contributed by atoms with Gasteiger partial charge in [-0.25, -0.2) is 8.78 Å². The first-order chi connectivity index (χ1) is 18.7. The highest BCUT2D eigenvalue weighted by atomic mass is 19.1. The van der Waals surface area contributed by atoms with Crippen LogP contribution in [0.4, 0.5) is 8.78 Å². The standard InChI is InChI=1S/C33H34F2N2O/c34-30-16-12-28(13-17-30)33(29-14-18-31(35)19-15-29)38-25-7-20-36-21-23-37(24-22-36)32(26-8-3-1-4-9-26)27-10-5-2-6-11-27/h1-6,8-19,32-33H,7,20-25H2. The van der Waals surface area contributed by atoms with Gasteiger partial charge in [0.1, 0.15) is 17.7 Å². The molecule has 1 fully saturated rings. The molecule has 3 nitrogen and oxygen atoms in total. The Labute approximate surface area is 224 Å². The van der Waals surface area contributed by atoms with E-state index in [4.69, 9.17) is 4.74 Å². The zero-order valence-corrected chi connectivity index (χ0v) is 21.6. The first kappa shape index (κ1) is 26.2. The smallest absolute Gasteiger partial charge is 0.123 e. The summed E-state index contributed by atoms with van der Waals surface area (Å²) in [6.45, 7) is 5.54. The fourth-order valence-electron chi connectivity index (χ4n) is 5.28. The minimum Gasteiger partial charge on any atom is -0.369 e. The van der Waals surface area contributed by atoms with E-state index in [9.17, 15) is 8.78 Å². The fraction of sp³-hybridized carbons (Fsp3) is 0.273. The Morgan fingerprint density at radius 1 is 0.579 bits per heavy atom. The predicted octanol–water partition coefficient (Wildman–Crippen LogP) is 6.87. The number of piperazine rings is 1. The van der Waals surface area contributed by atoms with Gasteiger partial charge in [-0.1, -0.05) is 84.9 Å². The van der Waals surface area contributed by atoms with Gasteiger partial charge in [-0.3, -0.25) is 4.90 Å². The minimum atomic E-state index is -0.356. The molecule has 4 aromatic rings. The normalized spacial score (nSPS) is 14.8. The molecular weight excluding hydrogens is 478 g/mol. The number of hydrogen-bond donors (Lipinski definition) is 0. The molecule has 0 aromatic heterocycles. The number of nitrogens with zero attached hydrogens (tertiary/aromatic N) is 2. The van der Waals surface area contributed by atoms with Gasteiger partial charge in [0.2, 0.25) is 0 Å². The molecule has 0 aliphatic carbocycles. The summed E-state index contributed by atoms with van der Waals surface area (Å²) in [4.78, 5) is 5.08. The molecule has 0 atom stereocenters. The SMILES string of the molecule is Fc1ccc(C(OCCCN2CCN(C(c3ccccc3)c3ccccc3)CC2)c2ccc(F)cc2)cc1. The third-order valence-corrected chi connectivity index (χ3v) is 7.25. The zero-order chi connectivity index (χ0) is 26.2. The summed E-state index contributed by atoms with van der Waals surface area (Å²) in [5.74, 6) is -0.569. The molecule has 0 spiro atoms. The summed E-state index contributed by atoms with van der Waals surface area (Å²) >= 11 is 0. The lowest BCUT2D eigenvalue weighted by Gasteiger charge is -2.40. The number of rotatable bonds is 10. The van der Waals surface area contributed by atoms with Crippen molar-refractivity contribution < 1.29 is 13.5 Å². The van der Waals surface area contributed by atoms with E-state index in [0.29, 0.717) is 6.61 Å². The van der Waals surface area contributed by atoms with Crippen molar-refractivity contribution in [3.05, 3.63) is 143 Å². The molecule has 1 saturated heterocycles. The molecule has 0 radical (unpaired) electrons. The second kappa shape index (κ2) is 12.9. The van der Waals surface area contributed by atoms with Gasteiger partial charge in [-0.2, -0.15) is 0 Å². The number of hydrogen-bond acceptors (Lipinski definition) is 3. The maximum absolute atomic E-state index is 13.5. The second-order valence-corrected chi connectivity index (χ2v) is 9.81. The van der Waals surface area contributed by atoms with Crippen LogP contribution in [0.2, 0.25) is 0 Å². The first-order valence-corrected chi connectivity index (χ1v) is 13.4. The van der Waals surface area contributed by atoms with Crippen LogP contribution in [0.15, 0.2) is 109 Å². The molecule has 38 heavy (non-hydrogen) atoms. The molecule has 4 aromatic carbocycles.